The molecule has 0 aliphatic heterocycles. The number of rotatable bonds is 4. The molecule has 2 rings (SSSR count). The lowest BCUT2D eigenvalue weighted by atomic mass is 10.0. The zero-order valence-corrected chi connectivity index (χ0v) is 10.2. The number of alkyl halides is 3. The molecule has 0 unspecified atom stereocenters. The fourth-order valence-corrected chi connectivity index (χ4v) is 1.89. The molecule has 1 aliphatic rings. The van der Waals surface area contributed by atoms with Crippen LogP contribution in [0.5, 0.6) is 5.75 Å². The molecular formula is C13H16F3NO. The van der Waals surface area contributed by atoms with Gasteiger partial charge in [-0.1, -0.05) is 0 Å². The smallest absolute Gasteiger partial charge is 0.416 e. The third kappa shape index (κ3) is 3.16. The van der Waals surface area contributed by atoms with Crippen LogP contribution in [0.2, 0.25) is 0 Å². The van der Waals surface area contributed by atoms with Gasteiger partial charge in [0.05, 0.1) is 12.7 Å². The van der Waals surface area contributed by atoms with Gasteiger partial charge in [-0.05, 0) is 49.4 Å². The predicted octanol–water partition coefficient (Wildman–Crippen LogP) is 3.14. The molecule has 1 aromatic rings. The fraction of sp³-hybridized carbons (Fsp3) is 0.538. The molecule has 18 heavy (non-hydrogen) atoms. The minimum atomic E-state index is -4.34. The van der Waals surface area contributed by atoms with Gasteiger partial charge in [0.2, 0.25) is 0 Å². The Kier molecular flexibility index (Phi) is 3.27. The maximum atomic E-state index is 12.7. The Morgan fingerprint density at radius 2 is 1.94 bits per heavy atom. The van der Waals surface area contributed by atoms with Gasteiger partial charge in [0.15, 0.2) is 0 Å². The zero-order chi connectivity index (χ0) is 13.4. The third-order valence-corrected chi connectivity index (χ3v) is 3.33. The summed E-state index contributed by atoms with van der Waals surface area (Å²) >= 11 is 0. The molecule has 0 heterocycles. The van der Waals surface area contributed by atoms with Crippen LogP contribution in [-0.4, -0.2) is 12.6 Å². The van der Waals surface area contributed by atoms with E-state index in [-0.39, 0.29) is 11.3 Å². The van der Waals surface area contributed by atoms with E-state index in [0.29, 0.717) is 12.0 Å². The summed E-state index contributed by atoms with van der Waals surface area (Å²) in [6, 6.07) is 3.83. The summed E-state index contributed by atoms with van der Waals surface area (Å²) in [4.78, 5) is 0. The number of aryl methyl sites for hydroxylation is 1. The quantitative estimate of drug-likeness (QED) is 0.901. The molecule has 0 bridgehead atoms. The number of halogens is 3. The minimum Gasteiger partial charge on any atom is -0.497 e. The Morgan fingerprint density at radius 1 is 1.28 bits per heavy atom. The van der Waals surface area contributed by atoms with Crippen molar-refractivity contribution in [3.8, 4) is 5.75 Å². The summed E-state index contributed by atoms with van der Waals surface area (Å²) in [5.41, 5.74) is 5.74. The van der Waals surface area contributed by atoms with Crippen molar-refractivity contribution in [3.05, 3.63) is 29.3 Å². The van der Waals surface area contributed by atoms with Crippen LogP contribution < -0.4 is 10.5 Å². The van der Waals surface area contributed by atoms with E-state index in [4.69, 9.17) is 10.5 Å². The van der Waals surface area contributed by atoms with Crippen molar-refractivity contribution < 1.29 is 17.9 Å². The first-order chi connectivity index (χ1) is 8.32. The number of nitrogens with two attached hydrogens (primary N) is 1. The van der Waals surface area contributed by atoms with Crippen molar-refractivity contribution in [1.29, 1.82) is 0 Å². The van der Waals surface area contributed by atoms with Crippen molar-refractivity contribution in [2.24, 2.45) is 5.73 Å². The molecule has 1 aromatic carbocycles. The van der Waals surface area contributed by atoms with Gasteiger partial charge < -0.3 is 10.5 Å². The first-order valence-electron chi connectivity index (χ1n) is 5.86. The number of methoxy groups -OCH3 is 1. The minimum absolute atomic E-state index is 0.151. The molecule has 0 saturated heterocycles. The second-order valence-electron chi connectivity index (χ2n) is 4.93. The molecule has 0 atom stereocenters. The summed E-state index contributed by atoms with van der Waals surface area (Å²) in [5, 5.41) is 0. The summed E-state index contributed by atoms with van der Waals surface area (Å²) in [5.74, 6) is 0.238. The van der Waals surface area contributed by atoms with E-state index in [9.17, 15) is 13.2 Å². The van der Waals surface area contributed by atoms with Gasteiger partial charge in [-0.25, -0.2) is 0 Å². The molecule has 100 valence electrons. The normalized spacial score (nSPS) is 17.6. The van der Waals surface area contributed by atoms with Crippen LogP contribution in [0.25, 0.3) is 0 Å². The molecule has 1 saturated carbocycles. The zero-order valence-electron chi connectivity index (χ0n) is 10.2. The lowest BCUT2D eigenvalue weighted by molar-refractivity contribution is -0.137. The second kappa shape index (κ2) is 4.46. The summed E-state index contributed by atoms with van der Waals surface area (Å²) in [6.45, 7) is 0. The van der Waals surface area contributed by atoms with Gasteiger partial charge in [-0.2, -0.15) is 13.2 Å². The lowest BCUT2D eigenvalue weighted by Gasteiger charge is -2.13. The van der Waals surface area contributed by atoms with Crippen molar-refractivity contribution in [2.75, 3.05) is 7.11 Å². The third-order valence-electron chi connectivity index (χ3n) is 3.33. The van der Waals surface area contributed by atoms with E-state index in [1.807, 2.05) is 0 Å². The van der Waals surface area contributed by atoms with Gasteiger partial charge in [0.1, 0.15) is 5.75 Å². The van der Waals surface area contributed by atoms with Crippen LogP contribution in [0.1, 0.15) is 30.4 Å². The number of hydrogen-bond donors (Lipinski definition) is 1. The van der Waals surface area contributed by atoms with Gasteiger partial charge in [0.25, 0.3) is 0 Å². The highest BCUT2D eigenvalue weighted by atomic mass is 19.4. The van der Waals surface area contributed by atoms with Gasteiger partial charge in [0, 0.05) is 5.54 Å². The molecule has 2 N–H and O–H groups in total. The van der Waals surface area contributed by atoms with Gasteiger partial charge in [-0.15, -0.1) is 0 Å². The maximum Gasteiger partial charge on any atom is 0.416 e. The number of ether oxygens (including phenoxy) is 1. The van der Waals surface area contributed by atoms with Crippen molar-refractivity contribution in [2.45, 2.75) is 37.4 Å². The molecule has 0 radical (unpaired) electrons. The summed E-state index contributed by atoms with van der Waals surface area (Å²) in [7, 11) is 1.37. The predicted molar refractivity (Wildman–Crippen MR) is 62.5 cm³/mol. The highest BCUT2D eigenvalue weighted by Gasteiger charge is 2.37. The standard InChI is InChI=1S/C13H16F3NO/c1-18-11-7-9(2-3-12(17)4-5-12)6-10(8-11)13(14,15)16/h6-8H,2-5,17H2,1H3. The van der Waals surface area contributed by atoms with Crippen LogP contribution in [0.3, 0.4) is 0 Å². The van der Waals surface area contributed by atoms with Crippen molar-refractivity contribution in [1.82, 2.24) is 0 Å². The largest absolute Gasteiger partial charge is 0.497 e. The van der Waals surface area contributed by atoms with Crippen LogP contribution in [0.15, 0.2) is 18.2 Å². The van der Waals surface area contributed by atoms with E-state index in [1.165, 1.54) is 13.2 Å². The average Bonchev–Trinajstić information content (AvgIpc) is 3.04. The molecule has 2 nitrogen and oxygen atoms in total. The monoisotopic (exact) mass is 259 g/mol. The van der Waals surface area contributed by atoms with Crippen molar-refractivity contribution in [3.63, 3.8) is 0 Å². The molecule has 0 amide bonds. The van der Waals surface area contributed by atoms with E-state index in [0.717, 1.165) is 25.3 Å². The first-order valence-corrected chi connectivity index (χ1v) is 5.86. The van der Waals surface area contributed by atoms with Crippen molar-refractivity contribution >= 4 is 0 Å². The molecule has 0 spiro atoms. The van der Waals surface area contributed by atoms with E-state index < -0.39 is 11.7 Å². The first kappa shape index (κ1) is 13.2. The van der Waals surface area contributed by atoms with E-state index in [2.05, 4.69) is 0 Å². The highest BCUT2D eigenvalue weighted by Crippen LogP contribution is 2.38. The summed E-state index contributed by atoms with van der Waals surface area (Å²) in [6.07, 6.45) is -1.15. The second-order valence-corrected chi connectivity index (χ2v) is 4.93. The van der Waals surface area contributed by atoms with Crippen LogP contribution in [0.4, 0.5) is 13.2 Å². The number of benzene rings is 1. The maximum absolute atomic E-state index is 12.7. The topological polar surface area (TPSA) is 35.2 Å². The summed E-state index contributed by atoms with van der Waals surface area (Å²) < 4.78 is 43.0. The Morgan fingerprint density at radius 3 is 2.44 bits per heavy atom. The molecule has 1 aliphatic carbocycles. The van der Waals surface area contributed by atoms with Gasteiger partial charge >= 0.3 is 6.18 Å². The Hall–Kier alpha value is -1.23. The highest BCUT2D eigenvalue weighted by molar-refractivity contribution is 5.36. The Bertz CT molecular complexity index is 438. The Labute approximate surface area is 104 Å². The fourth-order valence-electron chi connectivity index (χ4n) is 1.89. The Balaban J connectivity index is 2.18. The van der Waals surface area contributed by atoms with Crippen LogP contribution >= 0.6 is 0 Å². The molecule has 0 aromatic heterocycles. The molecule has 5 heteroatoms. The number of hydrogen-bond acceptors (Lipinski definition) is 2. The van der Waals surface area contributed by atoms with E-state index >= 15 is 0 Å². The molecule has 1 fully saturated rings. The SMILES string of the molecule is COc1cc(CCC2(N)CC2)cc(C(F)(F)F)c1. The average molecular weight is 259 g/mol. The van der Waals surface area contributed by atoms with Crippen LogP contribution in [-0.2, 0) is 12.6 Å². The van der Waals surface area contributed by atoms with E-state index in [1.54, 1.807) is 6.07 Å². The van der Waals surface area contributed by atoms with Gasteiger partial charge in [-0.3, -0.25) is 0 Å². The van der Waals surface area contributed by atoms with Crippen LogP contribution in [0, 0.1) is 0 Å². The molecular weight excluding hydrogens is 243 g/mol. The lowest BCUT2D eigenvalue weighted by Crippen LogP contribution is -2.22.